The standard InChI is InChI=1S/C14H19F3N2O3S2/c15-14(16,17)11-2-3-13(23)12(10-11)18-24(20,21)9-1-4-19-5-7-22-8-6-19/h2-3,10,18,23H,1,4-9H2. The van der Waals surface area contributed by atoms with E-state index in [4.69, 9.17) is 4.74 Å². The number of hydrogen-bond acceptors (Lipinski definition) is 5. The first-order valence-electron chi connectivity index (χ1n) is 7.38. The van der Waals surface area contributed by atoms with E-state index in [1.54, 1.807) is 0 Å². The van der Waals surface area contributed by atoms with Crippen LogP contribution in [0.4, 0.5) is 18.9 Å². The molecule has 0 saturated carbocycles. The molecule has 24 heavy (non-hydrogen) atoms. The number of alkyl halides is 3. The van der Waals surface area contributed by atoms with Crippen molar-refractivity contribution in [3.05, 3.63) is 23.8 Å². The summed E-state index contributed by atoms with van der Waals surface area (Å²) in [4.78, 5) is 2.23. The quantitative estimate of drug-likeness (QED) is 0.740. The number of nitrogens with zero attached hydrogens (tertiary/aromatic N) is 1. The van der Waals surface area contributed by atoms with Gasteiger partial charge in [-0.2, -0.15) is 13.2 Å². The van der Waals surface area contributed by atoms with Crippen LogP contribution in [0.15, 0.2) is 23.1 Å². The van der Waals surface area contributed by atoms with E-state index in [9.17, 15) is 21.6 Å². The van der Waals surface area contributed by atoms with Crippen LogP contribution in [-0.2, 0) is 20.9 Å². The number of ether oxygens (including phenoxy) is 1. The number of anilines is 1. The Labute approximate surface area is 144 Å². The third-order valence-corrected chi connectivity index (χ3v) is 5.33. The lowest BCUT2D eigenvalue weighted by molar-refractivity contribution is -0.137. The van der Waals surface area contributed by atoms with Crippen LogP contribution < -0.4 is 4.72 Å². The van der Waals surface area contributed by atoms with E-state index in [2.05, 4.69) is 22.3 Å². The molecule has 5 nitrogen and oxygen atoms in total. The second-order valence-corrected chi connectivity index (χ2v) is 7.78. The maximum atomic E-state index is 12.7. The van der Waals surface area contributed by atoms with Crippen molar-refractivity contribution in [2.24, 2.45) is 0 Å². The molecule has 1 saturated heterocycles. The van der Waals surface area contributed by atoms with Crippen molar-refractivity contribution in [1.29, 1.82) is 0 Å². The molecule has 0 aliphatic carbocycles. The zero-order valence-electron chi connectivity index (χ0n) is 12.8. The van der Waals surface area contributed by atoms with Crippen molar-refractivity contribution in [3.8, 4) is 0 Å². The highest BCUT2D eigenvalue weighted by Crippen LogP contribution is 2.33. The van der Waals surface area contributed by atoms with Crippen LogP contribution in [0, 0.1) is 0 Å². The van der Waals surface area contributed by atoms with E-state index in [0.29, 0.717) is 26.2 Å². The minimum Gasteiger partial charge on any atom is -0.379 e. The Morgan fingerprint density at radius 1 is 1.25 bits per heavy atom. The first kappa shape index (κ1) is 19.4. The molecule has 1 aliphatic heterocycles. The summed E-state index contributed by atoms with van der Waals surface area (Å²) < 4.78 is 69.7. The molecule has 0 bridgehead atoms. The van der Waals surface area contributed by atoms with Gasteiger partial charge in [0.2, 0.25) is 10.0 Å². The van der Waals surface area contributed by atoms with E-state index in [1.807, 2.05) is 0 Å². The summed E-state index contributed by atoms with van der Waals surface area (Å²) in [6, 6.07) is 2.73. The summed E-state index contributed by atoms with van der Waals surface area (Å²) in [6.45, 7) is 3.35. The molecule has 0 radical (unpaired) electrons. The van der Waals surface area contributed by atoms with Crippen molar-refractivity contribution in [2.75, 3.05) is 43.3 Å². The third kappa shape index (κ3) is 5.83. The number of halogens is 3. The lowest BCUT2D eigenvalue weighted by Crippen LogP contribution is -2.37. The summed E-state index contributed by atoms with van der Waals surface area (Å²) in [5.41, 5.74) is -1.09. The van der Waals surface area contributed by atoms with Crippen molar-refractivity contribution < 1.29 is 26.3 Å². The predicted molar refractivity (Wildman–Crippen MR) is 88.0 cm³/mol. The normalized spacial score (nSPS) is 17.0. The molecule has 1 heterocycles. The van der Waals surface area contributed by atoms with Gasteiger partial charge in [-0.05, 0) is 31.2 Å². The number of nitrogens with one attached hydrogen (secondary N) is 1. The first-order valence-corrected chi connectivity index (χ1v) is 9.48. The van der Waals surface area contributed by atoms with Crippen LogP contribution in [0.1, 0.15) is 12.0 Å². The van der Waals surface area contributed by atoms with Crippen molar-refractivity contribution in [2.45, 2.75) is 17.5 Å². The first-order chi connectivity index (χ1) is 11.2. The van der Waals surface area contributed by atoms with Crippen LogP contribution in [-0.4, -0.2) is 51.9 Å². The maximum absolute atomic E-state index is 12.7. The van der Waals surface area contributed by atoms with E-state index in [-0.39, 0.29) is 16.3 Å². The fourth-order valence-electron chi connectivity index (χ4n) is 2.32. The largest absolute Gasteiger partial charge is 0.416 e. The molecule has 0 aromatic heterocycles. The smallest absolute Gasteiger partial charge is 0.379 e. The molecule has 0 spiro atoms. The van der Waals surface area contributed by atoms with Gasteiger partial charge in [-0.3, -0.25) is 9.62 Å². The van der Waals surface area contributed by atoms with E-state index in [0.717, 1.165) is 31.3 Å². The molecule has 1 aliphatic rings. The maximum Gasteiger partial charge on any atom is 0.416 e. The van der Waals surface area contributed by atoms with E-state index < -0.39 is 21.8 Å². The van der Waals surface area contributed by atoms with Gasteiger partial charge >= 0.3 is 6.18 Å². The number of rotatable bonds is 6. The number of thiol groups is 1. The van der Waals surface area contributed by atoms with Crippen molar-refractivity contribution in [3.63, 3.8) is 0 Å². The minimum atomic E-state index is -4.54. The Balaban J connectivity index is 1.95. The van der Waals surface area contributed by atoms with Crippen LogP contribution in [0.5, 0.6) is 0 Å². The number of hydrogen-bond donors (Lipinski definition) is 2. The Morgan fingerprint density at radius 3 is 2.54 bits per heavy atom. The van der Waals surface area contributed by atoms with Gasteiger partial charge in [0.25, 0.3) is 0 Å². The van der Waals surface area contributed by atoms with Crippen LogP contribution >= 0.6 is 12.6 Å². The SMILES string of the molecule is O=S(=O)(CCCN1CCOCC1)Nc1cc(C(F)(F)F)ccc1S. The van der Waals surface area contributed by atoms with Gasteiger partial charge in [-0.15, -0.1) is 12.6 Å². The van der Waals surface area contributed by atoms with E-state index in [1.165, 1.54) is 0 Å². The molecule has 1 aromatic carbocycles. The monoisotopic (exact) mass is 384 g/mol. The van der Waals surface area contributed by atoms with Crippen LogP contribution in [0.2, 0.25) is 0 Å². The molecule has 1 N–H and O–H groups in total. The summed E-state index contributed by atoms with van der Waals surface area (Å²) >= 11 is 4.01. The molecule has 0 atom stereocenters. The topological polar surface area (TPSA) is 58.6 Å². The molecular weight excluding hydrogens is 365 g/mol. The van der Waals surface area contributed by atoms with Gasteiger partial charge in [-0.1, -0.05) is 0 Å². The highest BCUT2D eigenvalue weighted by atomic mass is 32.2. The molecular formula is C14H19F3N2O3S2. The summed E-state index contributed by atoms with van der Waals surface area (Å²) in [7, 11) is -3.74. The van der Waals surface area contributed by atoms with Gasteiger partial charge < -0.3 is 4.74 Å². The third-order valence-electron chi connectivity index (χ3n) is 3.58. The highest BCUT2D eigenvalue weighted by Gasteiger charge is 2.31. The minimum absolute atomic E-state index is 0.139. The Hall–Kier alpha value is -0.970. The molecule has 1 aromatic rings. The van der Waals surface area contributed by atoms with Gasteiger partial charge in [0.05, 0.1) is 30.2 Å². The molecule has 0 unspecified atom stereocenters. The van der Waals surface area contributed by atoms with Crippen molar-refractivity contribution >= 4 is 28.3 Å². The second kappa shape index (κ2) is 7.94. The van der Waals surface area contributed by atoms with Gasteiger partial charge in [0, 0.05) is 18.0 Å². The highest BCUT2D eigenvalue weighted by molar-refractivity contribution is 7.92. The second-order valence-electron chi connectivity index (χ2n) is 5.46. The average molecular weight is 384 g/mol. The molecule has 10 heteroatoms. The molecule has 0 amide bonds. The zero-order chi connectivity index (χ0) is 17.8. The average Bonchev–Trinajstić information content (AvgIpc) is 2.49. The lowest BCUT2D eigenvalue weighted by atomic mass is 10.2. The van der Waals surface area contributed by atoms with Gasteiger partial charge in [0.1, 0.15) is 0 Å². The number of morpholine rings is 1. The van der Waals surface area contributed by atoms with Crippen molar-refractivity contribution in [1.82, 2.24) is 4.90 Å². The number of benzene rings is 1. The van der Waals surface area contributed by atoms with Crippen LogP contribution in [0.25, 0.3) is 0 Å². The van der Waals surface area contributed by atoms with E-state index >= 15 is 0 Å². The molecule has 2 rings (SSSR count). The Morgan fingerprint density at radius 2 is 1.92 bits per heavy atom. The molecule has 1 fully saturated rings. The lowest BCUT2D eigenvalue weighted by Gasteiger charge is -2.26. The number of sulfonamides is 1. The Kier molecular flexibility index (Phi) is 6.40. The fraction of sp³-hybridized carbons (Fsp3) is 0.571. The fourth-order valence-corrected chi connectivity index (χ4v) is 3.70. The zero-order valence-corrected chi connectivity index (χ0v) is 14.6. The molecule has 136 valence electrons. The summed E-state index contributed by atoms with van der Waals surface area (Å²) in [6.07, 6.45) is -4.16. The van der Waals surface area contributed by atoms with Gasteiger partial charge in [0.15, 0.2) is 0 Å². The van der Waals surface area contributed by atoms with Crippen LogP contribution in [0.3, 0.4) is 0 Å². The summed E-state index contributed by atoms with van der Waals surface area (Å²) in [5.74, 6) is -0.173. The Bertz CT molecular complexity index is 660. The van der Waals surface area contributed by atoms with Gasteiger partial charge in [-0.25, -0.2) is 8.42 Å². The predicted octanol–water partition coefficient (Wildman–Crippen LogP) is 2.46. The summed E-state index contributed by atoms with van der Waals surface area (Å²) in [5, 5.41) is 0.